The van der Waals surface area contributed by atoms with Crippen LogP contribution < -0.4 is 0 Å². The van der Waals surface area contributed by atoms with Crippen LogP contribution in [0.15, 0.2) is 24.3 Å². The van der Waals surface area contributed by atoms with E-state index in [9.17, 15) is 0 Å². The number of hydrogen-bond donors (Lipinski definition) is 0. The van der Waals surface area contributed by atoms with E-state index in [2.05, 4.69) is 29.2 Å². The van der Waals surface area contributed by atoms with Crippen LogP contribution in [0.5, 0.6) is 0 Å². The van der Waals surface area contributed by atoms with E-state index in [0.29, 0.717) is 6.10 Å². The van der Waals surface area contributed by atoms with Gasteiger partial charge in [0.05, 0.1) is 12.7 Å². The van der Waals surface area contributed by atoms with E-state index in [0.717, 1.165) is 19.6 Å². The summed E-state index contributed by atoms with van der Waals surface area (Å²) in [4.78, 5) is 2.58. The van der Waals surface area contributed by atoms with E-state index < -0.39 is 0 Å². The first-order valence-electron chi connectivity index (χ1n) is 6.82. The summed E-state index contributed by atoms with van der Waals surface area (Å²) in [5.41, 5.74) is 2.90. The molecule has 2 aliphatic heterocycles. The number of nitrogens with zero attached hydrogens (tertiary/aromatic N) is 1. The fourth-order valence-corrected chi connectivity index (χ4v) is 2.68. The van der Waals surface area contributed by atoms with Gasteiger partial charge < -0.3 is 4.74 Å². The first-order valence-corrected chi connectivity index (χ1v) is 6.82. The van der Waals surface area contributed by atoms with Gasteiger partial charge in [0, 0.05) is 13.0 Å². The minimum atomic E-state index is 0.500. The van der Waals surface area contributed by atoms with Gasteiger partial charge in [-0.2, -0.15) is 0 Å². The second kappa shape index (κ2) is 5.19. The molecule has 1 aromatic carbocycles. The second-order valence-electron chi connectivity index (χ2n) is 5.32. The van der Waals surface area contributed by atoms with E-state index >= 15 is 0 Å². The molecule has 17 heavy (non-hydrogen) atoms. The molecule has 2 fully saturated rings. The van der Waals surface area contributed by atoms with Gasteiger partial charge in [0.2, 0.25) is 0 Å². The summed E-state index contributed by atoms with van der Waals surface area (Å²) >= 11 is 0. The van der Waals surface area contributed by atoms with Gasteiger partial charge in [0.1, 0.15) is 0 Å². The van der Waals surface area contributed by atoms with Gasteiger partial charge in [0.25, 0.3) is 0 Å². The van der Waals surface area contributed by atoms with Crippen LogP contribution in [0, 0.1) is 0 Å². The van der Waals surface area contributed by atoms with Crippen molar-refractivity contribution in [2.45, 2.75) is 38.3 Å². The number of likely N-dealkylation sites (tertiary alicyclic amines) is 1. The molecule has 2 nitrogen and oxygen atoms in total. The molecule has 0 amide bonds. The molecule has 2 heteroatoms. The fourth-order valence-electron chi connectivity index (χ4n) is 2.68. The number of piperidine rings is 1. The Bertz CT molecular complexity index is 367. The summed E-state index contributed by atoms with van der Waals surface area (Å²) < 4.78 is 5.29. The summed E-state index contributed by atoms with van der Waals surface area (Å²) in [7, 11) is 0. The Balaban J connectivity index is 1.60. The van der Waals surface area contributed by atoms with Crippen LogP contribution in [-0.4, -0.2) is 30.7 Å². The fraction of sp³-hybridized carbons (Fsp3) is 0.600. The van der Waals surface area contributed by atoms with Crippen LogP contribution in [0.25, 0.3) is 0 Å². The molecule has 1 unspecified atom stereocenters. The molecular weight excluding hydrogens is 210 g/mol. The number of ether oxygens (including phenoxy) is 1. The van der Waals surface area contributed by atoms with Crippen LogP contribution in [0.3, 0.4) is 0 Å². The molecule has 0 aliphatic carbocycles. The topological polar surface area (TPSA) is 15.8 Å². The molecule has 1 aromatic rings. The molecule has 1 atom stereocenters. The normalized spacial score (nSPS) is 24.8. The molecule has 2 saturated heterocycles. The van der Waals surface area contributed by atoms with E-state index in [-0.39, 0.29) is 0 Å². The quantitative estimate of drug-likeness (QED) is 0.740. The van der Waals surface area contributed by atoms with Gasteiger partial charge >= 0.3 is 0 Å². The summed E-state index contributed by atoms with van der Waals surface area (Å²) in [6, 6.07) is 9.03. The Hall–Kier alpha value is -0.860. The molecule has 2 aliphatic rings. The molecule has 0 N–H and O–H groups in total. The SMILES string of the molecule is c1cc(CC2CO2)cc(CN2CCCCC2)c1. The molecule has 2 heterocycles. The maximum atomic E-state index is 5.29. The van der Waals surface area contributed by atoms with Crippen molar-refractivity contribution in [2.75, 3.05) is 19.7 Å². The van der Waals surface area contributed by atoms with Crippen molar-refractivity contribution >= 4 is 0 Å². The van der Waals surface area contributed by atoms with Gasteiger partial charge in [-0.15, -0.1) is 0 Å². The van der Waals surface area contributed by atoms with Gasteiger partial charge in [-0.3, -0.25) is 4.90 Å². The first kappa shape index (κ1) is 11.2. The Labute approximate surface area is 104 Å². The number of hydrogen-bond acceptors (Lipinski definition) is 2. The zero-order valence-corrected chi connectivity index (χ0v) is 10.4. The third kappa shape index (κ3) is 3.30. The van der Waals surface area contributed by atoms with Crippen LogP contribution in [0.2, 0.25) is 0 Å². The van der Waals surface area contributed by atoms with Crippen LogP contribution in [0.4, 0.5) is 0 Å². The van der Waals surface area contributed by atoms with Crippen molar-refractivity contribution in [1.29, 1.82) is 0 Å². The van der Waals surface area contributed by atoms with E-state index in [1.54, 1.807) is 0 Å². The van der Waals surface area contributed by atoms with Crippen molar-refractivity contribution < 1.29 is 4.74 Å². The van der Waals surface area contributed by atoms with Crippen molar-refractivity contribution in [3.05, 3.63) is 35.4 Å². The molecular formula is C15H21NO. The molecule has 0 spiro atoms. The van der Waals surface area contributed by atoms with Crippen LogP contribution in [-0.2, 0) is 17.7 Å². The van der Waals surface area contributed by atoms with Crippen molar-refractivity contribution in [3.8, 4) is 0 Å². The van der Waals surface area contributed by atoms with Crippen molar-refractivity contribution in [2.24, 2.45) is 0 Å². The summed E-state index contributed by atoms with van der Waals surface area (Å²) in [5.74, 6) is 0. The van der Waals surface area contributed by atoms with Crippen LogP contribution in [0.1, 0.15) is 30.4 Å². The van der Waals surface area contributed by atoms with E-state index in [1.807, 2.05) is 0 Å². The standard InChI is InChI=1S/C15H21NO/c1-2-7-16(8-3-1)11-14-6-4-5-13(9-14)10-15-12-17-15/h4-6,9,15H,1-3,7-8,10-12H2. The summed E-state index contributed by atoms with van der Waals surface area (Å²) in [6.45, 7) is 4.63. The third-order valence-electron chi connectivity index (χ3n) is 3.71. The highest BCUT2D eigenvalue weighted by Crippen LogP contribution is 2.18. The zero-order valence-electron chi connectivity index (χ0n) is 10.4. The number of epoxide rings is 1. The Morgan fingerprint density at radius 3 is 2.65 bits per heavy atom. The molecule has 0 saturated carbocycles. The molecule has 0 aromatic heterocycles. The predicted molar refractivity (Wildman–Crippen MR) is 69.0 cm³/mol. The van der Waals surface area contributed by atoms with Gasteiger partial charge in [0.15, 0.2) is 0 Å². The second-order valence-corrected chi connectivity index (χ2v) is 5.32. The van der Waals surface area contributed by atoms with Gasteiger partial charge in [-0.05, 0) is 37.1 Å². The lowest BCUT2D eigenvalue weighted by atomic mass is 10.1. The highest BCUT2D eigenvalue weighted by molar-refractivity contribution is 5.24. The number of rotatable bonds is 4. The lowest BCUT2D eigenvalue weighted by Crippen LogP contribution is -2.29. The lowest BCUT2D eigenvalue weighted by Gasteiger charge is -2.26. The average Bonchev–Trinajstić information content (AvgIpc) is 3.15. The highest BCUT2D eigenvalue weighted by Gasteiger charge is 2.22. The molecule has 92 valence electrons. The van der Waals surface area contributed by atoms with Crippen LogP contribution >= 0.6 is 0 Å². The number of benzene rings is 1. The molecule has 3 rings (SSSR count). The zero-order chi connectivity index (χ0) is 11.5. The lowest BCUT2D eigenvalue weighted by molar-refractivity contribution is 0.221. The minimum Gasteiger partial charge on any atom is -0.373 e. The Morgan fingerprint density at radius 1 is 1.12 bits per heavy atom. The van der Waals surface area contributed by atoms with Crippen molar-refractivity contribution in [3.63, 3.8) is 0 Å². The highest BCUT2D eigenvalue weighted by atomic mass is 16.6. The van der Waals surface area contributed by atoms with E-state index in [4.69, 9.17) is 4.74 Å². The third-order valence-corrected chi connectivity index (χ3v) is 3.71. The molecule has 0 bridgehead atoms. The summed E-state index contributed by atoms with van der Waals surface area (Å²) in [5, 5.41) is 0. The Kier molecular flexibility index (Phi) is 3.44. The van der Waals surface area contributed by atoms with Crippen molar-refractivity contribution in [1.82, 2.24) is 4.90 Å². The van der Waals surface area contributed by atoms with Gasteiger partial charge in [-0.25, -0.2) is 0 Å². The maximum Gasteiger partial charge on any atom is 0.0850 e. The van der Waals surface area contributed by atoms with E-state index in [1.165, 1.54) is 43.5 Å². The molecule has 0 radical (unpaired) electrons. The minimum absolute atomic E-state index is 0.500. The van der Waals surface area contributed by atoms with Gasteiger partial charge in [-0.1, -0.05) is 30.7 Å². The smallest absolute Gasteiger partial charge is 0.0850 e. The largest absolute Gasteiger partial charge is 0.373 e. The summed E-state index contributed by atoms with van der Waals surface area (Å²) in [6.07, 6.45) is 5.74. The first-order chi connectivity index (χ1) is 8.40. The Morgan fingerprint density at radius 2 is 1.88 bits per heavy atom. The monoisotopic (exact) mass is 231 g/mol. The average molecular weight is 231 g/mol. The maximum absolute atomic E-state index is 5.29. The predicted octanol–water partition coefficient (Wildman–Crippen LogP) is 2.61.